The molecule has 0 aromatic heterocycles. The standard InChI is InChI=1S/C51H54O7/c1-5-6-27-40(32-28-36-19-11-7-12-20-36)44(49(53)56-2)41(33-29-37-21-13-8-14-22-37)45-42(34-30-38-23-15-9-16-24-38)46(50(54)57-3)43(47(48(45)52)51(55)58-4)35-31-39-25-17-10-18-26-39/h7-26,33,52H,5-6,27-32,34-35H2,1-4H3/b41-33-,44-40-. The molecule has 7 heteroatoms. The summed E-state index contributed by atoms with van der Waals surface area (Å²) >= 11 is 0. The third kappa shape index (κ3) is 11.0. The van der Waals surface area contributed by atoms with E-state index in [0.717, 1.165) is 40.7 Å². The zero-order chi connectivity index (χ0) is 41.3. The largest absolute Gasteiger partial charge is 0.506 e. The van der Waals surface area contributed by atoms with Crippen molar-refractivity contribution in [2.24, 2.45) is 0 Å². The Balaban J connectivity index is 1.90. The van der Waals surface area contributed by atoms with Crippen molar-refractivity contribution in [3.63, 3.8) is 0 Å². The molecule has 0 saturated carbocycles. The second-order valence-electron chi connectivity index (χ2n) is 14.3. The van der Waals surface area contributed by atoms with Crippen LogP contribution in [-0.4, -0.2) is 44.3 Å². The zero-order valence-electron chi connectivity index (χ0n) is 34.1. The van der Waals surface area contributed by atoms with Crippen LogP contribution in [0.4, 0.5) is 0 Å². The molecule has 0 aliphatic heterocycles. The molecule has 5 rings (SSSR count). The molecular formula is C51H54O7. The summed E-state index contributed by atoms with van der Waals surface area (Å²) in [6.07, 6.45) is 7.27. The summed E-state index contributed by atoms with van der Waals surface area (Å²) in [6.45, 7) is 2.10. The van der Waals surface area contributed by atoms with Crippen LogP contribution >= 0.6 is 0 Å². The molecule has 7 nitrogen and oxygen atoms in total. The Morgan fingerprint density at radius 3 is 1.45 bits per heavy atom. The first-order chi connectivity index (χ1) is 28.3. The molecule has 0 aliphatic carbocycles. The van der Waals surface area contributed by atoms with E-state index in [4.69, 9.17) is 14.2 Å². The summed E-state index contributed by atoms with van der Waals surface area (Å²) in [7, 11) is 3.92. The van der Waals surface area contributed by atoms with Gasteiger partial charge < -0.3 is 19.3 Å². The van der Waals surface area contributed by atoms with E-state index < -0.39 is 17.9 Å². The van der Waals surface area contributed by atoms with Gasteiger partial charge in [-0.05, 0) is 96.7 Å². The fraction of sp³-hybridized carbons (Fsp3) is 0.275. The van der Waals surface area contributed by atoms with Crippen molar-refractivity contribution in [3.05, 3.63) is 189 Å². The number of allylic oxidation sites excluding steroid dienone is 2. The molecule has 300 valence electrons. The van der Waals surface area contributed by atoms with Crippen LogP contribution in [0.25, 0.3) is 5.57 Å². The van der Waals surface area contributed by atoms with Gasteiger partial charge in [0.25, 0.3) is 0 Å². The summed E-state index contributed by atoms with van der Waals surface area (Å²) in [5.41, 5.74) is 6.70. The molecule has 0 saturated heterocycles. The summed E-state index contributed by atoms with van der Waals surface area (Å²) in [6, 6.07) is 39.5. The van der Waals surface area contributed by atoms with Gasteiger partial charge in [0.2, 0.25) is 0 Å². The van der Waals surface area contributed by atoms with Crippen molar-refractivity contribution in [3.8, 4) is 5.75 Å². The predicted octanol–water partition coefficient (Wildman–Crippen LogP) is 10.5. The van der Waals surface area contributed by atoms with Crippen LogP contribution in [0.2, 0.25) is 0 Å². The average Bonchev–Trinajstić information content (AvgIpc) is 3.27. The minimum Gasteiger partial charge on any atom is -0.506 e. The molecule has 0 heterocycles. The lowest BCUT2D eigenvalue weighted by Crippen LogP contribution is -2.21. The summed E-state index contributed by atoms with van der Waals surface area (Å²) in [4.78, 5) is 42.8. The van der Waals surface area contributed by atoms with Gasteiger partial charge in [0, 0.05) is 5.56 Å². The summed E-state index contributed by atoms with van der Waals surface area (Å²) in [5, 5.41) is 12.8. The van der Waals surface area contributed by atoms with Crippen LogP contribution in [0.15, 0.2) is 139 Å². The lowest BCUT2D eigenvalue weighted by atomic mass is 9.79. The van der Waals surface area contributed by atoms with Crippen molar-refractivity contribution >= 4 is 23.5 Å². The number of ether oxygens (including phenoxy) is 3. The monoisotopic (exact) mass is 778 g/mol. The smallest absolute Gasteiger partial charge is 0.341 e. The van der Waals surface area contributed by atoms with E-state index >= 15 is 0 Å². The Bertz CT molecular complexity index is 2190. The number of phenolic OH excluding ortho intramolecular Hbond substituents is 1. The highest BCUT2D eigenvalue weighted by molar-refractivity contribution is 6.11. The van der Waals surface area contributed by atoms with Gasteiger partial charge in [-0.25, -0.2) is 14.4 Å². The van der Waals surface area contributed by atoms with Crippen molar-refractivity contribution < 1.29 is 33.7 Å². The highest BCUT2D eigenvalue weighted by atomic mass is 16.5. The van der Waals surface area contributed by atoms with Gasteiger partial charge in [0.15, 0.2) is 0 Å². The number of hydrogen-bond acceptors (Lipinski definition) is 7. The van der Waals surface area contributed by atoms with Crippen LogP contribution in [-0.2, 0) is 57.5 Å². The van der Waals surface area contributed by atoms with Gasteiger partial charge >= 0.3 is 17.9 Å². The SMILES string of the molecule is CCCC/C(CCc1ccccc1)=C(C(=O)OC)\C(=C\Cc1ccccc1)c1c(O)c(C(=O)OC)c(CCc2ccccc2)c(C(=O)OC)c1CCc1ccccc1. The molecule has 0 bridgehead atoms. The summed E-state index contributed by atoms with van der Waals surface area (Å²) < 4.78 is 16.5. The Morgan fingerprint density at radius 1 is 0.534 bits per heavy atom. The average molecular weight is 779 g/mol. The molecule has 0 atom stereocenters. The molecule has 0 spiro atoms. The van der Waals surface area contributed by atoms with Crippen LogP contribution in [0.5, 0.6) is 5.75 Å². The number of methoxy groups -OCH3 is 3. The second kappa shape index (κ2) is 21.9. The van der Waals surface area contributed by atoms with Crippen molar-refractivity contribution in [1.82, 2.24) is 0 Å². The Hall–Kier alpha value is -6.21. The van der Waals surface area contributed by atoms with Crippen LogP contribution in [0, 0.1) is 0 Å². The maximum atomic E-state index is 14.4. The topological polar surface area (TPSA) is 99.1 Å². The Kier molecular flexibility index (Phi) is 16.2. The molecule has 5 aromatic rings. The number of unbranched alkanes of at least 4 members (excludes halogenated alkanes) is 1. The zero-order valence-corrected chi connectivity index (χ0v) is 34.1. The van der Waals surface area contributed by atoms with E-state index in [1.165, 1.54) is 21.3 Å². The Labute approximate surface area is 343 Å². The molecule has 58 heavy (non-hydrogen) atoms. The molecule has 5 aromatic carbocycles. The number of rotatable bonds is 19. The molecule has 0 aliphatic rings. The molecule has 0 radical (unpaired) electrons. The number of aryl methyl sites for hydroxylation is 3. The molecule has 0 amide bonds. The van der Waals surface area contributed by atoms with Crippen molar-refractivity contribution in [2.75, 3.05) is 21.3 Å². The van der Waals surface area contributed by atoms with Gasteiger partial charge in [0.1, 0.15) is 11.3 Å². The number of carbonyl (C=O) groups is 3. The fourth-order valence-electron chi connectivity index (χ4n) is 7.55. The predicted molar refractivity (Wildman–Crippen MR) is 230 cm³/mol. The first-order valence-electron chi connectivity index (χ1n) is 20.0. The third-order valence-corrected chi connectivity index (χ3v) is 10.5. The van der Waals surface area contributed by atoms with Gasteiger partial charge in [-0.1, -0.05) is 146 Å². The van der Waals surface area contributed by atoms with Crippen LogP contribution in [0.1, 0.15) is 92.3 Å². The van der Waals surface area contributed by atoms with Crippen molar-refractivity contribution in [1.29, 1.82) is 0 Å². The number of aromatic hydroxyl groups is 1. The van der Waals surface area contributed by atoms with E-state index in [1.54, 1.807) is 0 Å². The van der Waals surface area contributed by atoms with Gasteiger partial charge in [-0.2, -0.15) is 0 Å². The Morgan fingerprint density at radius 2 is 0.983 bits per heavy atom. The van der Waals surface area contributed by atoms with E-state index in [0.29, 0.717) is 60.8 Å². The van der Waals surface area contributed by atoms with E-state index in [9.17, 15) is 19.5 Å². The fourth-order valence-corrected chi connectivity index (χ4v) is 7.55. The van der Waals surface area contributed by atoms with Crippen molar-refractivity contribution in [2.45, 2.75) is 71.1 Å². The minimum atomic E-state index is -0.803. The second-order valence-corrected chi connectivity index (χ2v) is 14.3. The van der Waals surface area contributed by atoms with E-state index in [-0.39, 0.29) is 35.3 Å². The normalized spacial score (nSPS) is 11.8. The molecule has 0 fully saturated rings. The lowest BCUT2D eigenvalue weighted by molar-refractivity contribution is -0.135. The molecular weight excluding hydrogens is 725 g/mol. The first-order valence-corrected chi connectivity index (χ1v) is 20.0. The van der Waals surface area contributed by atoms with Gasteiger partial charge in [-0.3, -0.25) is 0 Å². The molecule has 1 N–H and O–H groups in total. The lowest BCUT2D eigenvalue weighted by Gasteiger charge is -2.26. The van der Waals surface area contributed by atoms with Gasteiger partial charge in [0.05, 0.1) is 32.5 Å². The number of phenols is 1. The van der Waals surface area contributed by atoms with Crippen LogP contribution in [0.3, 0.4) is 0 Å². The number of hydrogen-bond donors (Lipinski definition) is 1. The number of esters is 3. The molecule has 0 unspecified atom stereocenters. The highest BCUT2D eigenvalue weighted by Gasteiger charge is 2.35. The number of benzene rings is 5. The third-order valence-electron chi connectivity index (χ3n) is 10.5. The first kappa shape index (κ1) is 42.9. The summed E-state index contributed by atoms with van der Waals surface area (Å²) in [5.74, 6) is -2.38. The van der Waals surface area contributed by atoms with Gasteiger partial charge in [-0.15, -0.1) is 0 Å². The highest BCUT2D eigenvalue weighted by Crippen LogP contribution is 2.44. The maximum Gasteiger partial charge on any atom is 0.341 e. The minimum absolute atomic E-state index is 0.133. The van der Waals surface area contributed by atoms with Crippen LogP contribution < -0.4 is 0 Å². The quantitative estimate of drug-likeness (QED) is 0.0386. The number of carbonyl (C=O) groups excluding carboxylic acids is 3. The maximum absolute atomic E-state index is 14.4. The van der Waals surface area contributed by atoms with E-state index in [2.05, 4.69) is 19.1 Å². The van der Waals surface area contributed by atoms with E-state index in [1.807, 2.05) is 115 Å².